The quantitative estimate of drug-likeness (QED) is 0.839. The first-order valence-corrected chi connectivity index (χ1v) is 7.48. The minimum Gasteiger partial charge on any atom is -0.317 e. The van der Waals surface area contributed by atoms with Gasteiger partial charge in [0.15, 0.2) is 0 Å². The topological polar surface area (TPSA) is 18.5 Å². The fourth-order valence-corrected chi connectivity index (χ4v) is 3.52. The van der Waals surface area contributed by atoms with Crippen molar-refractivity contribution in [1.29, 1.82) is 0 Å². The summed E-state index contributed by atoms with van der Waals surface area (Å²) in [5.41, 5.74) is 0. The third kappa shape index (κ3) is 3.60. The number of likely N-dealkylation sites (tertiary alicyclic amines) is 1. The Morgan fingerprint density at radius 3 is 2.50 bits per heavy atom. The van der Waals surface area contributed by atoms with Crippen LogP contribution in [0.15, 0.2) is 0 Å². The molecule has 3 fully saturated rings. The van der Waals surface area contributed by atoms with Crippen LogP contribution >= 0.6 is 12.4 Å². The molecule has 1 aliphatic carbocycles. The van der Waals surface area contributed by atoms with Crippen LogP contribution in [0.3, 0.4) is 0 Å². The van der Waals surface area contributed by atoms with Crippen LogP contribution in [-0.2, 0) is 0 Å². The summed E-state index contributed by atoms with van der Waals surface area (Å²) in [5.74, 6) is 0.941. The predicted octanol–water partition coefficient (Wildman–Crippen LogP) is 1.58. The van der Waals surface area contributed by atoms with E-state index in [0.29, 0.717) is 0 Å². The maximum absolute atomic E-state index is 3.46. The molecular weight excluding hydrogens is 246 g/mol. The first-order chi connectivity index (χ1) is 8.33. The lowest BCUT2D eigenvalue weighted by atomic mass is 9.97. The molecule has 0 aromatic heterocycles. The van der Waals surface area contributed by atoms with Crippen molar-refractivity contribution >= 4 is 12.4 Å². The van der Waals surface area contributed by atoms with Crippen molar-refractivity contribution < 1.29 is 0 Å². The third-order valence-electron chi connectivity index (χ3n) is 4.89. The SMILES string of the molecule is CN(CC1CCNCC1)C1CCN(C2CC2)C1.Cl. The molecular formula is C14H28ClN3. The predicted molar refractivity (Wildman–Crippen MR) is 78.5 cm³/mol. The molecule has 0 spiro atoms. The molecule has 2 heterocycles. The Hall–Kier alpha value is 0.170. The number of likely N-dealkylation sites (N-methyl/N-ethyl adjacent to an activating group) is 1. The molecule has 3 aliphatic rings. The van der Waals surface area contributed by atoms with E-state index in [4.69, 9.17) is 0 Å². The maximum Gasteiger partial charge on any atom is 0.0232 e. The number of piperidine rings is 1. The van der Waals surface area contributed by atoms with Crippen LogP contribution in [-0.4, -0.2) is 61.7 Å². The maximum atomic E-state index is 3.46. The van der Waals surface area contributed by atoms with Gasteiger partial charge in [-0.2, -0.15) is 0 Å². The van der Waals surface area contributed by atoms with E-state index in [0.717, 1.165) is 18.0 Å². The molecule has 0 aromatic carbocycles. The highest BCUT2D eigenvalue weighted by molar-refractivity contribution is 5.85. The molecule has 4 heteroatoms. The average molecular weight is 274 g/mol. The van der Waals surface area contributed by atoms with Crippen LogP contribution < -0.4 is 5.32 Å². The van der Waals surface area contributed by atoms with Crippen molar-refractivity contribution in [3.63, 3.8) is 0 Å². The Morgan fingerprint density at radius 1 is 1.11 bits per heavy atom. The standard InChI is InChI=1S/C14H27N3.ClH/c1-16(10-12-4-7-15-8-5-12)14-6-9-17(11-14)13-2-3-13;/h12-15H,2-11H2,1H3;1H. The van der Waals surface area contributed by atoms with Gasteiger partial charge in [0.05, 0.1) is 0 Å². The summed E-state index contributed by atoms with van der Waals surface area (Å²) in [5, 5.41) is 3.46. The van der Waals surface area contributed by atoms with Crippen molar-refractivity contribution in [1.82, 2.24) is 15.1 Å². The summed E-state index contributed by atoms with van der Waals surface area (Å²) in [7, 11) is 2.35. The van der Waals surface area contributed by atoms with E-state index in [1.807, 2.05) is 0 Å². The van der Waals surface area contributed by atoms with Gasteiger partial charge < -0.3 is 10.2 Å². The van der Waals surface area contributed by atoms with E-state index < -0.39 is 0 Å². The van der Waals surface area contributed by atoms with Gasteiger partial charge in [0.1, 0.15) is 0 Å². The van der Waals surface area contributed by atoms with E-state index >= 15 is 0 Å². The highest BCUT2D eigenvalue weighted by Crippen LogP contribution is 2.31. The number of hydrogen-bond acceptors (Lipinski definition) is 3. The van der Waals surface area contributed by atoms with Crippen LogP contribution in [0.2, 0.25) is 0 Å². The molecule has 1 N–H and O–H groups in total. The van der Waals surface area contributed by atoms with Crippen LogP contribution in [0.4, 0.5) is 0 Å². The summed E-state index contributed by atoms with van der Waals surface area (Å²) in [6, 6.07) is 1.80. The first kappa shape index (κ1) is 14.6. The molecule has 1 unspecified atom stereocenters. The molecule has 0 amide bonds. The molecule has 0 aromatic rings. The number of nitrogens with zero attached hydrogens (tertiary/aromatic N) is 2. The smallest absolute Gasteiger partial charge is 0.0232 e. The number of nitrogens with one attached hydrogen (secondary N) is 1. The monoisotopic (exact) mass is 273 g/mol. The molecule has 3 nitrogen and oxygen atoms in total. The van der Waals surface area contributed by atoms with E-state index in [1.54, 1.807) is 0 Å². The molecule has 2 saturated heterocycles. The molecule has 0 radical (unpaired) electrons. The van der Waals surface area contributed by atoms with Gasteiger partial charge >= 0.3 is 0 Å². The van der Waals surface area contributed by atoms with Crippen LogP contribution in [0.25, 0.3) is 0 Å². The van der Waals surface area contributed by atoms with Crippen molar-refractivity contribution in [2.45, 2.75) is 44.2 Å². The zero-order valence-electron chi connectivity index (χ0n) is 11.6. The molecule has 0 bridgehead atoms. The van der Waals surface area contributed by atoms with Gasteiger partial charge in [-0.25, -0.2) is 0 Å². The summed E-state index contributed by atoms with van der Waals surface area (Å²) in [4.78, 5) is 5.38. The molecule has 18 heavy (non-hydrogen) atoms. The largest absolute Gasteiger partial charge is 0.317 e. The van der Waals surface area contributed by atoms with Gasteiger partial charge in [-0.05, 0) is 58.2 Å². The number of rotatable bonds is 4. The summed E-state index contributed by atoms with van der Waals surface area (Å²) in [6.07, 6.45) is 7.08. The van der Waals surface area contributed by atoms with E-state index in [-0.39, 0.29) is 12.4 Å². The summed E-state index contributed by atoms with van der Waals surface area (Å²) < 4.78 is 0. The summed E-state index contributed by atoms with van der Waals surface area (Å²) in [6.45, 7) is 6.48. The zero-order chi connectivity index (χ0) is 11.7. The van der Waals surface area contributed by atoms with Crippen LogP contribution in [0.5, 0.6) is 0 Å². The minimum atomic E-state index is 0. The fraction of sp³-hybridized carbons (Fsp3) is 1.00. The van der Waals surface area contributed by atoms with E-state index in [9.17, 15) is 0 Å². The molecule has 2 aliphatic heterocycles. The Labute approximate surface area is 118 Å². The third-order valence-corrected chi connectivity index (χ3v) is 4.89. The second-order valence-corrected chi connectivity index (χ2v) is 6.30. The summed E-state index contributed by atoms with van der Waals surface area (Å²) >= 11 is 0. The van der Waals surface area contributed by atoms with Gasteiger partial charge in [0.25, 0.3) is 0 Å². The van der Waals surface area contributed by atoms with Crippen molar-refractivity contribution in [3.8, 4) is 0 Å². The van der Waals surface area contributed by atoms with Crippen molar-refractivity contribution in [2.24, 2.45) is 5.92 Å². The number of hydrogen-bond donors (Lipinski definition) is 1. The Kier molecular flexibility index (Phi) is 5.31. The van der Waals surface area contributed by atoms with Crippen LogP contribution in [0, 0.1) is 5.92 Å². The molecule has 3 rings (SSSR count). The highest BCUT2D eigenvalue weighted by atomic mass is 35.5. The van der Waals surface area contributed by atoms with E-state index in [2.05, 4.69) is 22.2 Å². The molecule has 1 atom stereocenters. The first-order valence-electron chi connectivity index (χ1n) is 7.48. The van der Waals surface area contributed by atoms with Crippen LogP contribution in [0.1, 0.15) is 32.1 Å². The Morgan fingerprint density at radius 2 is 1.83 bits per heavy atom. The van der Waals surface area contributed by atoms with Gasteiger partial charge in [-0.1, -0.05) is 0 Å². The lowest BCUT2D eigenvalue weighted by Gasteiger charge is -2.31. The lowest BCUT2D eigenvalue weighted by Crippen LogP contribution is -2.40. The molecule has 106 valence electrons. The Balaban J connectivity index is 0.00000120. The van der Waals surface area contributed by atoms with Gasteiger partial charge in [0, 0.05) is 31.7 Å². The number of halogens is 1. The normalized spacial score (nSPS) is 30.7. The minimum absolute atomic E-state index is 0. The molecule has 1 saturated carbocycles. The van der Waals surface area contributed by atoms with Gasteiger partial charge in [-0.15, -0.1) is 12.4 Å². The Bertz CT molecular complexity index is 251. The second-order valence-electron chi connectivity index (χ2n) is 6.30. The highest BCUT2D eigenvalue weighted by Gasteiger charge is 2.35. The van der Waals surface area contributed by atoms with Gasteiger partial charge in [0.2, 0.25) is 0 Å². The fourth-order valence-electron chi connectivity index (χ4n) is 3.52. The van der Waals surface area contributed by atoms with Crippen molar-refractivity contribution in [2.75, 3.05) is 39.8 Å². The van der Waals surface area contributed by atoms with E-state index in [1.165, 1.54) is 64.8 Å². The zero-order valence-corrected chi connectivity index (χ0v) is 12.4. The second kappa shape index (κ2) is 6.56. The average Bonchev–Trinajstić information content (AvgIpc) is 3.08. The lowest BCUT2D eigenvalue weighted by molar-refractivity contribution is 0.182. The van der Waals surface area contributed by atoms with Gasteiger partial charge in [-0.3, -0.25) is 4.90 Å². The van der Waals surface area contributed by atoms with Crippen molar-refractivity contribution in [3.05, 3.63) is 0 Å².